The molecule has 0 fully saturated rings. The molecule has 1 heterocycles. The molecule has 0 spiro atoms. The monoisotopic (exact) mass is 228 g/mol. The molecule has 84 valence electrons. The van der Waals surface area contributed by atoms with Crippen LogP contribution in [0.2, 0.25) is 0 Å². The van der Waals surface area contributed by atoms with E-state index in [-0.39, 0.29) is 11.2 Å². The van der Waals surface area contributed by atoms with Gasteiger partial charge in [0.25, 0.3) is 0 Å². The van der Waals surface area contributed by atoms with Crippen LogP contribution in [0, 0.1) is 0 Å². The number of hydrogen-bond acceptors (Lipinski definition) is 4. The highest BCUT2D eigenvalue weighted by atomic mass is 32.2. The summed E-state index contributed by atoms with van der Waals surface area (Å²) in [5.74, 6) is -0.152. The lowest BCUT2D eigenvalue weighted by Crippen LogP contribution is -2.20. The number of imidazole rings is 1. The average molecular weight is 228 g/mol. The number of nitrogens with zero attached hydrogens (tertiary/aromatic N) is 1. The second-order valence-corrected chi connectivity index (χ2v) is 4.23. The Labute approximate surface area is 93.8 Å². The van der Waals surface area contributed by atoms with Crippen LogP contribution in [0.3, 0.4) is 0 Å². The quantitative estimate of drug-likeness (QED) is 0.599. The standard InChI is InChI=1S/C10H16N2O2S/c1-3-5-8(9(13)14-4-2)15-10-11-6-7-12-10/h6-8H,3-5H2,1-2H3,(H,11,12). The summed E-state index contributed by atoms with van der Waals surface area (Å²) in [6.45, 7) is 4.30. The van der Waals surface area contributed by atoms with E-state index >= 15 is 0 Å². The van der Waals surface area contributed by atoms with Crippen molar-refractivity contribution in [2.45, 2.75) is 37.1 Å². The Morgan fingerprint density at radius 3 is 3.00 bits per heavy atom. The van der Waals surface area contributed by atoms with Crippen LogP contribution < -0.4 is 0 Å². The Kier molecular flexibility index (Phi) is 5.25. The van der Waals surface area contributed by atoms with Crippen molar-refractivity contribution < 1.29 is 9.53 Å². The van der Waals surface area contributed by atoms with E-state index in [9.17, 15) is 4.79 Å². The van der Waals surface area contributed by atoms with Crippen LogP contribution in [0.4, 0.5) is 0 Å². The van der Waals surface area contributed by atoms with Crippen molar-refractivity contribution in [3.63, 3.8) is 0 Å². The molecule has 0 aliphatic carbocycles. The first-order valence-corrected chi connectivity index (χ1v) is 5.98. The van der Waals surface area contributed by atoms with Gasteiger partial charge in [-0.05, 0) is 13.3 Å². The fraction of sp³-hybridized carbons (Fsp3) is 0.600. The van der Waals surface area contributed by atoms with Crippen molar-refractivity contribution in [3.05, 3.63) is 12.4 Å². The number of aromatic amines is 1. The molecular formula is C10H16N2O2S. The molecule has 0 amide bonds. The van der Waals surface area contributed by atoms with Gasteiger partial charge in [-0.2, -0.15) is 0 Å². The smallest absolute Gasteiger partial charge is 0.319 e. The summed E-state index contributed by atoms with van der Waals surface area (Å²) in [6, 6.07) is 0. The van der Waals surface area contributed by atoms with Gasteiger partial charge in [0.1, 0.15) is 5.25 Å². The topological polar surface area (TPSA) is 55.0 Å². The number of esters is 1. The highest BCUT2D eigenvalue weighted by molar-refractivity contribution is 8.00. The van der Waals surface area contributed by atoms with Crippen molar-refractivity contribution in [1.82, 2.24) is 9.97 Å². The van der Waals surface area contributed by atoms with Crippen molar-refractivity contribution in [1.29, 1.82) is 0 Å². The molecular weight excluding hydrogens is 212 g/mol. The molecule has 1 aromatic heterocycles. The third kappa shape index (κ3) is 3.95. The molecule has 0 aliphatic rings. The number of rotatable bonds is 6. The highest BCUT2D eigenvalue weighted by Gasteiger charge is 2.20. The summed E-state index contributed by atoms with van der Waals surface area (Å²) in [5, 5.41) is 0.614. The van der Waals surface area contributed by atoms with Gasteiger partial charge in [-0.1, -0.05) is 25.1 Å². The average Bonchev–Trinajstić information content (AvgIpc) is 2.70. The Balaban J connectivity index is 2.53. The largest absolute Gasteiger partial charge is 0.465 e. The Bertz CT molecular complexity index is 288. The van der Waals surface area contributed by atoms with Gasteiger partial charge in [-0.15, -0.1) is 0 Å². The van der Waals surface area contributed by atoms with Crippen molar-refractivity contribution in [2.24, 2.45) is 0 Å². The van der Waals surface area contributed by atoms with Crippen LogP contribution in [-0.2, 0) is 9.53 Å². The van der Waals surface area contributed by atoms with E-state index in [1.54, 1.807) is 12.4 Å². The third-order valence-electron chi connectivity index (χ3n) is 1.83. The van der Waals surface area contributed by atoms with Crippen LogP contribution in [0.25, 0.3) is 0 Å². The molecule has 1 rings (SSSR count). The van der Waals surface area contributed by atoms with Gasteiger partial charge >= 0.3 is 5.97 Å². The van der Waals surface area contributed by atoms with E-state index in [0.717, 1.165) is 18.0 Å². The molecule has 5 heteroatoms. The third-order valence-corrected chi connectivity index (χ3v) is 2.99. The minimum Gasteiger partial charge on any atom is -0.465 e. The number of ether oxygens (including phenoxy) is 1. The van der Waals surface area contributed by atoms with E-state index in [1.807, 2.05) is 6.92 Å². The second kappa shape index (κ2) is 6.50. The maximum Gasteiger partial charge on any atom is 0.319 e. The Hall–Kier alpha value is -0.970. The molecule has 0 bridgehead atoms. The summed E-state index contributed by atoms with van der Waals surface area (Å²) in [4.78, 5) is 18.6. The molecule has 0 aliphatic heterocycles. The fourth-order valence-electron chi connectivity index (χ4n) is 1.17. The lowest BCUT2D eigenvalue weighted by atomic mass is 10.2. The lowest BCUT2D eigenvalue weighted by molar-refractivity contribution is -0.142. The summed E-state index contributed by atoms with van der Waals surface area (Å²) in [6.07, 6.45) is 5.19. The van der Waals surface area contributed by atoms with E-state index in [0.29, 0.717) is 6.61 Å². The molecule has 4 nitrogen and oxygen atoms in total. The van der Waals surface area contributed by atoms with E-state index < -0.39 is 0 Å². The minimum absolute atomic E-state index is 0.152. The molecule has 15 heavy (non-hydrogen) atoms. The number of H-pyrrole nitrogens is 1. The Morgan fingerprint density at radius 2 is 2.47 bits per heavy atom. The minimum atomic E-state index is -0.152. The van der Waals surface area contributed by atoms with Gasteiger partial charge < -0.3 is 9.72 Å². The Morgan fingerprint density at radius 1 is 1.67 bits per heavy atom. The summed E-state index contributed by atoms with van der Waals surface area (Å²) in [5.41, 5.74) is 0. The van der Waals surface area contributed by atoms with Gasteiger partial charge in [0, 0.05) is 12.4 Å². The van der Waals surface area contributed by atoms with Gasteiger partial charge in [0.15, 0.2) is 5.16 Å². The molecule has 1 atom stereocenters. The number of nitrogens with one attached hydrogen (secondary N) is 1. The zero-order chi connectivity index (χ0) is 11.1. The molecule has 0 aromatic carbocycles. The number of carbonyl (C=O) groups is 1. The van der Waals surface area contributed by atoms with E-state index in [2.05, 4.69) is 16.9 Å². The second-order valence-electron chi connectivity index (χ2n) is 3.04. The number of aromatic nitrogens is 2. The van der Waals surface area contributed by atoms with Crippen molar-refractivity contribution in [2.75, 3.05) is 6.61 Å². The first-order valence-electron chi connectivity index (χ1n) is 5.10. The van der Waals surface area contributed by atoms with Gasteiger partial charge in [-0.3, -0.25) is 4.79 Å². The number of thioether (sulfide) groups is 1. The van der Waals surface area contributed by atoms with Crippen LogP contribution in [0.5, 0.6) is 0 Å². The normalized spacial score (nSPS) is 12.4. The maximum atomic E-state index is 11.6. The van der Waals surface area contributed by atoms with Crippen molar-refractivity contribution in [3.8, 4) is 0 Å². The van der Waals surface area contributed by atoms with Crippen LogP contribution in [0.15, 0.2) is 17.6 Å². The molecule has 0 radical (unpaired) electrons. The molecule has 0 saturated carbocycles. The van der Waals surface area contributed by atoms with Crippen LogP contribution in [0.1, 0.15) is 26.7 Å². The molecule has 1 N–H and O–H groups in total. The lowest BCUT2D eigenvalue weighted by Gasteiger charge is -2.12. The first kappa shape index (κ1) is 12.1. The number of carbonyl (C=O) groups excluding carboxylic acids is 1. The van der Waals surface area contributed by atoms with Gasteiger partial charge in [0.2, 0.25) is 0 Å². The SMILES string of the molecule is CCCC(Sc1ncc[nH]1)C(=O)OCC. The highest BCUT2D eigenvalue weighted by Crippen LogP contribution is 2.23. The predicted octanol–water partition coefficient (Wildman–Crippen LogP) is 2.23. The van der Waals surface area contributed by atoms with Crippen molar-refractivity contribution >= 4 is 17.7 Å². The maximum absolute atomic E-state index is 11.6. The zero-order valence-electron chi connectivity index (χ0n) is 9.03. The fourth-order valence-corrected chi connectivity index (χ4v) is 2.22. The van der Waals surface area contributed by atoms with Crippen LogP contribution in [-0.4, -0.2) is 27.8 Å². The molecule has 0 saturated heterocycles. The van der Waals surface area contributed by atoms with Gasteiger partial charge in [0.05, 0.1) is 6.61 Å². The van der Waals surface area contributed by atoms with E-state index in [4.69, 9.17) is 4.74 Å². The summed E-state index contributed by atoms with van der Waals surface area (Å²) in [7, 11) is 0. The first-order chi connectivity index (χ1) is 7.27. The number of hydrogen-bond donors (Lipinski definition) is 1. The van der Waals surface area contributed by atoms with Crippen LogP contribution >= 0.6 is 11.8 Å². The summed E-state index contributed by atoms with van der Waals surface area (Å²) >= 11 is 1.43. The van der Waals surface area contributed by atoms with Gasteiger partial charge in [-0.25, -0.2) is 4.98 Å². The zero-order valence-corrected chi connectivity index (χ0v) is 9.84. The van der Waals surface area contributed by atoms with E-state index in [1.165, 1.54) is 11.8 Å². The molecule has 1 unspecified atom stereocenters. The summed E-state index contributed by atoms with van der Waals surface area (Å²) < 4.78 is 5.00. The predicted molar refractivity (Wildman–Crippen MR) is 59.8 cm³/mol. The molecule has 1 aromatic rings.